The van der Waals surface area contributed by atoms with Crippen molar-refractivity contribution in [1.29, 1.82) is 0 Å². The van der Waals surface area contributed by atoms with E-state index in [1.807, 2.05) is 0 Å². The zero-order valence-electron chi connectivity index (χ0n) is 3.17. The van der Waals surface area contributed by atoms with E-state index >= 15 is 0 Å². The molecule has 0 aromatic rings. The maximum absolute atomic E-state index is 9.81. The normalized spacial score (nSPS) is 3.20. The molecule has 0 aromatic heterocycles. The molecule has 0 aliphatic rings. The second kappa shape index (κ2) is 24.7. The van der Waals surface area contributed by atoms with Gasteiger partial charge in [-0.05, 0) is 0 Å². The van der Waals surface area contributed by atoms with Crippen molar-refractivity contribution in [2.45, 2.75) is 6.92 Å². The van der Waals surface area contributed by atoms with Crippen LogP contribution >= 0.6 is 0 Å². The van der Waals surface area contributed by atoms with E-state index in [0.717, 1.165) is 0 Å². The topological polar surface area (TPSA) is 0 Å². The van der Waals surface area contributed by atoms with E-state index in [-0.39, 0.29) is 0 Å². The van der Waals surface area contributed by atoms with Crippen LogP contribution in [0, 0.1) is 6.92 Å². The molecule has 0 spiro atoms. The average Bonchev–Trinajstić information content (AvgIpc) is 1.46. The van der Waals surface area contributed by atoms with Crippen LogP contribution in [0.4, 0.5) is 6.63 Å². The van der Waals surface area contributed by atoms with Gasteiger partial charge >= 0.3 is 24.8 Å². The van der Waals surface area contributed by atoms with Crippen molar-refractivity contribution in [1.82, 2.24) is 0 Å². The van der Waals surface area contributed by atoms with E-state index in [4.69, 9.17) is 0 Å². The van der Waals surface area contributed by atoms with Crippen LogP contribution in [0.1, 0.15) is 6.92 Å². The van der Waals surface area contributed by atoms with Crippen molar-refractivity contribution >= 4 is 0 Å². The van der Waals surface area contributed by atoms with E-state index in [0.29, 0.717) is 0 Å². The van der Waals surface area contributed by atoms with E-state index in [1.165, 1.54) is 0 Å². The molecule has 0 unspecified atom stereocenters. The van der Waals surface area contributed by atoms with E-state index in [2.05, 4.69) is 6.92 Å². The molecule has 0 amide bonds. The van der Waals surface area contributed by atoms with E-state index < -0.39 is 18.1 Å². The van der Waals surface area contributed by atoms with Gasteiger partial charge in [0.15, 0.2) is 0 Å². The molecule has 29 valence electrons. The molecule has 0 rings (SSSR count). The minimum atomic E-state index is -2.88. The van der Waals surface area contributed by atoms with E-state index in [1.54, 1.807) is 6.92 Å². The zero-order chi connectivity index (χ0) is 4.71. The first kappa shape index (κ1) is 9.08. The fourth-order valence-electron chi connectivity index (χ4n) is 0. The predicted molar refractivity (Wildman–Crippen MR) is 13.2 cm³/mol. The second-order valence-corrected chi connectivity index (χ2v) is 0.525. The molecule has 3 heteroatoms. The summed E-state index contributed by atoms with van der Waals surface area (Å²) in [7, 11) is 0. The van der Waals surface area contributed by atoms with Crippen LogP contribution in [0.2, 0.25) is 0 Å². The first-order chi connectivity index (χ1) is 2.41. The third kappa shape index (κ3) is 118. The molecule has 0 aromatic carbocycles. The summed E-state index contributed by atoms with van der Waals surface area (Å²) in [6.07, 6.45) is 0. The molecule has 0 atom stereocenters. The van der Waals surface area contributed by atoms with Crippen LogP contribution in [0.25, 0.3) is 0 Å². The summed E-state index contributed by atoms with van der Waals surface area (Å²) in [6.45, 7) is 5.00. The van der Waals surface area contributed by atoms with Gasteiger partial charge in [0.1, 0.15) is 0 Å². The van der Waals surface area contributed by atoms with Crippen molar-refractivity contribution in [2.24, 2.45) is 0 Å². The van der Waals surface area contributed by atoms with Crippen LogP contribution in [-0.4, -0.2) is 0 Å². The predicted octanol–water partition coefficient (Wildman–Crippen LogP) is 1.68. The van der Waals surface area contributed by atoms with E-state index in [9.17, 15) is 6.63 Å². The molecule has 0 heterocycles. The Morgan fingerprint density at radius 3 is 1.40 bits per heavy atom. The SMILES string of the molecule is [CH2]C.[F][Zn][F]. The molecule has 0 N–H and O–H groups in total. The molecule has 0 aliphatic heterocycles. The fraction of sp³-hybridized carbons (Fsp3) is 0.500. The minimum absolute atomic E-state index is 1.75. The van der Waals surface area contributed by atoms with Gasteiger partial charge < -0.3 is 0 Å². The molecule has 0 saturated carbocycles. The number of rotatable bonds is 0. The second-order valence-electron chi connectivity index (χ2n) is 0.101. The Labute approximate surface area is 39.3 Å². The number of halogens is 2. The van der Waals surface area contributed by atoms with Crippen molar-refractivity contribution in [3.8, 4) is 0 Å². The van der Waals surface area contributed by atoms with Crippen molar-refractivity contribution < 1.29 is 24.8 Å². The zero-order valence-corrected chi connectivity index (χ0v) is 6.14. The molecule has 0 nitrogen and oxygen atoms in total. The van der Waals surface area contributed by atoms with Gasteiger partial charge in [-0.15, -0.1) is 0 Å². The fourth-order valence-corrected chi connectivity index (χ4v) is 0. The van der Waals surface area contributed by atoms with Crippen LogP contribution in [0.3, 0.4) is 0 Å². The monoisotopic (exact) mass is 131 g/mol. The molecular formula is C2H5F2Zn. The Hall–Kier alpha value is 0.483. The van der Waals surface area contributed by atoms with Crippen LogP contribution in [-0.2, 0) is 18.1 Å². The Kier molecular flexibility index (Phi) is 44.9. The third-order valence-corrected chi connectivity index (χ3v) is 0. The molecule has 0 bridgehead atoms. The van der Waals surface area contributed by atoms with Gasteiger partial charge in [0, 0.05) is 0 Å². The van der Waals surface area contributed by atoms with Gasteiger partial charge in [0.05, 0.1) is 0 Å². The summed E-state index contributed by atoms with van der Waals surface area (Å²) in [5.74, 6) is 0. The van der Waals surface area contributed by atoms with Gasteiger partial charge in [-0.2, -0.15) is 0 Å². The standard InChI is InChI=1S/C2H5.2FH.Zn/c1-2;;;/h1H2,2H3;2*1H;/q;;;+2/p-2. The summed E-state index contributed by atoms with van der Waals surface area (Å²) in [6, 6.07) is 0. The van der Waals surface area contributed by atoms with Crippen LogP contribution in [0.5, 0.6) is 0 Å². The Morgan fingerprint density at radius 1 is 1.40 bits per heavy atom. The van der Waals surface area contributed by atoms with Gasteiger partial charge in [-0.25, -0.2) is 0 Å². The van der Waals surface area contributed by atoms with Gasteiger partial charge in [0.2, 0.25) is 0 Å². The first-order valence-electron chi connectivity index (χ1n) is 1.24. The Balaban J connectivity index is 0. The first-order valence-corrected chi connectivity index (χ1v) is 3.48. The summed E-state index contributed by atoms with van der Waals surface area (Å²) in [5.41, 5.74) is 0. The van der Waals surface area contributed by atoms with Gasteiger partial charge in [-0.3, -0.25) is 0 Å². The van der Waals surface area contributed by atoms with Crippen LogP contribution < -0.4 is 0 Å². The number of hydrogen-bond donors (Lipinski definition) is 0. The summed E-state index contributed by atoms with van der Waals surface area (Å²) < 4.78 is 19.6. The van der Waals surface area contributed by atoms with Gasteiger partial charge in [0.25, 0.3) is 0 Å². The molecular weight excluding hydrogens is 127 g/mol. The quantitative estimate of drug-likeness (QED) is 0.440. The Morgan fingerprint density at radius 2 is 1.40 bits per heavy atom. The molecule has 0 fully saturated rings. The molecule has 1 radical (unpaired) electrons. The maximum atomic E-state index is 9.81. The van der Waals surface area contributed by atoms with Crippen molar-refractivity contribution in [3.63, 3.8) is 0 Å². The summed E-state index contributed by atoms with van der Waals surface area (Å²) in [4.78, 5) is 0. The van der Waals surface area contributed by atoms with Crippen molar-refractivity contribution in [2.75, 3.05) is 0 Å². The molecule has 5 heavy (non-hydrogen) atoms. The van der Waals surface area contributed by atoms with Crippen molar-refractivity contribution in [3.05, 3.63) is 6.92 Å². The summed E-state index contributed by atoms with van der Waals surface area (Å²) >= 11 is -2.88. The van der Waals surface area contributed by atoms with Crippen LogP contribution in [0.15, 0.2) is 0 Å². The third-order valence-electron chi connectivity index (χ3n) is 0. The molecule has 0 saturated heterocycles. The summed E-state index contributed by atoms with van der Waals surface area (Å²) in [5, 5.41) is 0. The Bertz CT molecular complexity index is 7.61. The molecule has 0 aliphatic carbocycles. The van der Waals surface area contributed by atoms with Gasteiger partial charge in [-0.1, -0.05) is 13.8 Å². The number of hydrogen-bond acceptors (Lipinski definition) is 0. The average molecular weight is 132 g/mol.